The van der Waals surface area contributed by atoms with E-state index in [2.05, 4.69) is 60.7 Å². The van der Waals surface area contributed by atoms with Gasteiger partial charge in [0.05, 0.1) is 13.2 Å². The van der Waals surface area contributed by atoms with Gasteiger partial charge in [0.15, 0.2) is 5.96 Å². The monoisotopic (exact) mass is 292 g/mol. The molecule has 1 rings (SSSR count). The summed E-state index contributed by atoms with van der Waals surface area (Å²) in [5.41, 5.74) is 6.95. The largest absolute Gasteiger partial charge is 0.383 e. The molecule has 0 aliphatic carbocycles. The number of nitrogens with two attached hydrogens (primary N) is 1. The zero-order chi connectivity index (χ0) is 15.7. The van der Waals surface area contributed by atoms with Crippen molar-refractivity contribution in [3.63, 3.8) is 0 Å². The van der Waals surface area contributed by atoms with E-state index in [0.717, 1.165) is 0 Å². The number of ether oxygens (including phenoxy) is 1. The fourth-order valence-corrected chi connectivity index (χ4v) is 2.08. The minimum absolute atomic E-state index is 0.136. The van der Waals surface area contributed by atoms with Crippen molar-refractivity contribution in [2.24, 2.45) is 10.7 Å². The van der Waals surface area contributed by atoms with Crippen LogP contribution in [0, 0.1) is 0 Å². The van der Waals surface area contributed by atoms with Crippen molar-refractivity contribution >= 4 is 5.96 Å². The van der Waals surface area contributed by atoms with Gasteiger partial charge >= 0.3 is 0 Å². The van der Waals surface area contributed by atoms with E-state index in [-0.39, 0.29) is 11.6 Å². The summed E-state index contributed by atoms with van der Waals surface area (Å²) in [7, 11) is 1.66. The molecule has 0 heterocycles. The highest BCUT2D eigenvalue weighted by Crippen LogP contribution is 2.16. The van der Waals surface area contributed by atoms with Gasteiger partial charge in [-0.3, -0.25) is 4.99 Å². The lowest BCUT2D eigenvalue weighted by Crippen LogP contribution is -2.45. The predicted molar refractivity (Wildman–Crippen MR) is 88.4 cm³/mol. The van der Waals surface area contributed by atoms with Crippen LogP contribution in [0.2, 0.25) is 0 Å². The second-order valence-corrected chi connectivity index (χ2v) is 5.78. The molecular formula is C16H28N4O. The van der Waals surface area contributed by atoms with Gasteiger partial charge in [-0.1, -0.05) is 30.3 Å². The number of benzene rings is 1. The Morgan fingerprint density at radius 1 is 1.33 bits per heavy atom. The molecule has 4 N–H and O–H groups in total. The molecule has 5 nitrogen and oxygen atoms in total. The second kappa shape index (κ2) is 8.64. The molecule has 0 aromatic heterocycles. The maximum Gasteiger partial charge on any atom is 0.188 e. The van der Waals surface area contributed by atoms with Gasteiger partial charge in [0.25, 0.3) is 0 Å². The van der Waals surface area contributed by atoms with Gasteiger partial charge in [-0.05, 0) is 26.3 Å². The Kier molecular flexibility index (Phi) is 7.19. The fraction of sp³-hybridized carbons (Fsp3) is 0.562. The molecule has 21 heavy (non-hydrogen) atoms. The number of hydrogen-bond donors (Lipinski definition) is 3. The van der Waals surface area contributed by atoms with E-state index >= 15 is 0 Å². The van der Waals surface area contributed by atoms with Gasteiger partial charge in [0.2, 0.25) is 0 Å². The topological polar surface area (TPSA) is 71.7 Å². The second-order valence-electron chi connectivity index (χ2n) is 5.78. The van der Waals surface area contributed by atoms with Crippen LogP contribution in [-0.2, 0) is 4.74 Å². The summed E-state index contributed by atoms with van der Waals surface area (Å²) < 4.78 is 4.95. The van der Waals surface area contributed by atoms with Crippen LogP contribution in [0.25, 0.3) is 0 Å². The molecule has 0 aliphatic heterocycles. The van der Waals surface area contributed by atoms with Crippen molar-refractivity contribution in [2.45, 2.75) is 32.4 Å². The highest BCUT2D eigenvalue weighted by Gasteiger charge is 2.20. The number of rotatable bonds is 8. The molecule has 0 amide bonds. The third-order valence-corrected chi connectivity index (χ3v) is 3.16. The quantitative estimate of drug-likeness (QED) is 0.387. The molecule has 0 spiro atoms. The normalized spacial score (nSPS) is 14.0. The average molecular weight is 292 g/mol. The first-order valence-electron chi connectivity index (χ1n) is 7.30. The smallest absolute Gasteiger partial charge is 0.188 e. The molecule has 5 heteroatoms. The van der Waals surface area contributed by atoms with Crippen LogP contribution in [0.3, 0.4) is 0 Å². The Morgan fingerprint density at radius 3 is 2.62 bits per heavy atom. The fourth-order valence-electron chi connectivity index (χ4n) is 2.08. The lowest BCUT2D eigenvalue weighted by atomic mass is 10.0. The highest BCUT2D eigenvalue weighted by molar-refractivity contribution is 5.77. The van der Waals surface area contributed by atoms with Gasteiger partial charge in [-0.15, -0.1) is 0 Å². The molecule has 0 bridgehead atoms. The maximum absolute atomic E-state index is 5.82. The van der Waals surface area contributed by atoms with E-state index < -0.39 is 0 Å². The molecule has 0 radical (unpaired) electrons. The van der Waals surface area contributed by atoms with E-state index in [1.165, 1.54) is 5.56 Å². The predicted octanol–water partition coefficient (Wildman–Crippen LogP) is 1.67. The van der Waals surface area contributed by atoms with Crippen molar-refractivity contribution < 1.29 is 4.74 Å². The first-order chi connectivity index (χ1) is 9.94. The molecule has 0 fully saturated rings. The molecule has 1 unspecified atom stereocenters. The molecular weight excluding hydrogens is 264 g/mol. The summed E-state index contributed by atoms with van der Waals surface area (Å²) in [6.07, 6.45) is 0. The zero-order valence-corrected chi connectivity index (χ0v) is 13.5. The number of methoxy groups -OCH3 is 1. The van der Waals surface area contributed by atoms with Crippen LogP contribution >= 0.6 is 0 Å². The van der Waals surface area contributed by atoms with Crippen molar-refractivity contribution in [1.82, 2.24) is 10.6 Å². The standard InChI is InChI=1S/C16H28N4O/c1-13(14-8-6-5-7-9-14)20-16(2,3)12-19-15(17)18-10-11-21-4/h5-9,13,20H,10-12H2,1-4H3,(H3,17,18,19). The van der Waals surface area contributed by atoms with E-state index in [0.29, 0.717) is 25.7 Å². The van der Waals surface area contributed by atoms with Crippen molar-refractivity contribution in [1.29, 1.82) is 0 Å². The Bertz CT molecular complexity index is 431. The molecule has 0 saturated heterocycles. The van der Waals surface area contributed by atoms with E-state index in [1.54, 1.807) is 7.11 Å². The summed E-state index contributed by atoms with van der Waals surface area (Å²) in [5, 5.41) is 6.60. The van der Waals surface area contributed by atoms with Crippen LogP contribution < -0.4 is 16.4 Å². The van der Waals surface area contributed by atoms with Gasteiger partial charge in [-0.25, -0.2) is 0 Å². The Hall–Kier alpha value is -1.59. The van der Waals surface area contributed by atoms with Crippen LogP contribution in [-0.4, -0.2) is 38.3 Å². The highest BCUT2D eigenvalue weighted by atomic mass is 16.5. The van der Waals surface area contributed by atoms with E-state index in [4.69, 9.17) is 10.5 Å². The maximum atomic E-state index is 5.82. The van der Waals surface area contributed by atoms with Gasteiger partial charge < -0.3 is 21.1 Å². The number of guanidine groups is 1. The van der Waals surface area contributed by atoms with Gasteiger partial charge in [0.1, 0.15) is 0 Å². The lowest BCUT2D eigenvalue weighted by Gasteiger charge is -2.29. The summed E-state index contributed by atoms with van der Waals surface area (Å²) in [6.45, 7) is 8.29. The number of aliphatic imine (C=N–C) groups is 1. The van der Waals surface area contributed by atoms with E-state index in [1.807, 2.05) is 6.07 Å². The summed E-state index contributed by atoms with van der Waals surface area (Å²) >= 11 is 0. The molecule has 1 aromatic carbocycles. The molecule has 0 saturated carbocycles. The third-order valence-electron chi connectivity index (χ3n) is 3.16. The van der Waals surface area contributed by atoms with Crippen molar-refractivity contribution in [3.8, 4) is 0 Å². The van der Waals surface area contributed by atoms with Gasteiger partial charge in [0, 0.05) is 25.2 Å². The first kappa shape index (κ1) is 17.5. The van der Waals surface area contributed by atoms with Crippen LogP contribution in [0.4, 0.5) is 0 Å². The van der Waals surface area contributed by atoms with Crippen LogP contribution in [0.5, 0.6) is 0 Å². The molecule has 118 valence electrons. The Balaban J connectivity index is 2.47. The average Bonchev–Trinajstić information content (AvgIpc) is 2.46. The SMILES string of the molecule is COCCNC(N)=NCC(C)(C)NC(C)c1ccccc1. The van der Waals surface area contributed by atoms with Crippen molar-refractivity contribution in [3.05, 3.63) is 35.9 Å². The van der Waals surface area contributed by atoms with Crippen LogP contribution in [0.15, 0.2) is 35.3 Å². The van der Waals surface area contributed by atoms with Crippen LogP contribution in [0.1, 0.15) is 32.4 Å². The minimum atomic E-state index is -0.136. The molecule has 1 aromatic rings. The van der Waals surface area contributed by atoms with Gasteiger partial charge in [-0.2, -0.15) is 0 Å². The zero-order valence-electron chi connectivity index (χ0n) is 13.5. The minimum Gasteiger partial charge on any atom is -0.383 e. The summed E-state index contributed by atoms with van der Waals surface area (Å²) in [6, 6.07) is 10.6. The van der Waals surface area contributed by atoms with Crippen molar-refractivity contribution in [2.75, 3.05) is 26.8 Å². The Labute approximate surface area is 128 Å². The number of hydrogen-bond acceptors (Lipinski definition) is 3. The third kappa shape index (κ3) is 7.11. The van der Waals surface area contributed by atoms with E-state index in [9.17, 15) is 0 Å². The first-order valence-corrected chi connectivity index (χ1v) is 7.30. The number of nitrogens with zero attached hydrogens (tertiary/aromatic N) is 1. The Morgan fingerprint density at radius 2 is 2.00 bits per heavy atom. The molecule has 1 atom stereocenters. The lowest BCUT2D eigenvalue weighted by molar-refractivity contribution is 0.204. The molecule has 0 aliphatic rings. The summed E-state index contributed by atoms with van der Waals surface area (Å²) in [4.78, 5) is 4.38. The number of nitrogens with one attached hydrogen (secondary N) is 2. The summed E-state index contributed by atoms with van der Waals surface area (Å²) in [5.74, 6) is 0.453.